The first kappa shape index (κ1) is 22.2. The molecule has 4 aromatic heterocycles. The van der Waals surface area contributed by atoms with Crippen LogP contribution in [0.5, 0.6) is 0 Å². The summed E-state index contributed by atoms with van der Waals surface area (Å²) < 4.78 is 1.89. The number of carbonyl (C=O) groups excluding carboxylic acids is 1. The molecule has 1 saturated heterocycles. The summed E-state index contributed by atoms with van der Waals surface area (Å²) in [6.07, 6.45) is 8.89. The lowest BCUT2D eigenvalue weighted by Gasteiger charge is -2.41. The van der Waals surface area contributed by atoms with Crippen LogP contribution in [-0.2, 0) is 4.79 Å². The molecule has 2 aliphatic rings. The lowest BCUT2D eigenvalue weighted by molar-refractivity contribution is -0.137. The topological polar surface area (TPSA) is 104 Å². The number of nitrogens with zero attached hydrogens (tertiary/aromatic N) is 8. The molecule has 0 unspecified atom stereocenters. The van der Waals surface area contributed by atoms with Gasteiger partial charge in [-0.1, -0.05) is 13.0 Å². The van der Waals surface area contributed by atoms with E-state index < -0.39 is 0 Å². The standard InChI is InChI=1S/C27H26N8O/c1-18-15-33(26(36)27(2)7-8-27)11-12-34(18)24-23-20(21-5-3-4-9-29-21)16-35(25(23)32-17-31-24)22-13-19(14-28)6-10-30-22/h3-6,9-10,13,16-18H,7-8,11-12,15H2,1-2H3/t18-/m0/s1. The Kier molecular flexibility index (Phi) is 5.18. The third-order valence-electron chi connectivity index (χ3n) is 7.33. The fraction of sp³-hybridized carbons (Fsp3) is 0.333. The molecule has 1 atom stereocenters. The average Bonchev–Trinajstić information content (AvgIpc) is 3.55. The highest BCUT2D eigenvalue weighted by Crippen LogP contribution is 2.47. The van der Waals surface area contributed by atoms with Gasteiger partial charge in [-0.25, -0.2) is 15.0 Å². The molecule has 2 fully saturated rings. The summed E-state index contributed by atoms with van der Waals surface area (Å²) in [4.78, 5) is 35.7. The first-order chi connectivity index (χ1) is 17.5. The second-order valence-electron chi connectivity index (χ2n) is 9.89. The molecule has 0 spiro atoms. The molecule has 9 heteroatoms. The second-order valence-corrected chi connectivity index (χ2v) is 9.89. The van der Waals surface area contributed by atoms with E-state index in [1.807, 2.05) is 33.9 Å². The molecular formula is C27H26N8O. The van der Waals surface area contributed by atoms with Gasteiger partial charge in [0.25, 0.3) is 0 Å². The Bertz CT molecular complexity index is 1500. The number of carbonyl (C=O) groups is 1. The van der Waals surface area contributed by atoms with Crippen molar-refractivity contribution in [1.82, 2.24) is 29.4 Å². The maximum atomic E-state index is 13.0. The highest BCUT2D eigenvalue weighted by molar-refractivity contribution is 6.01. The van der Waals surface area contributed by atoms with E-state index >= 15 is 0 Å². The number of anilines is 1. The molecular weight excluding hydrogens is 452 g/mol. The van der Waals surface area contributed by atoms with E-state index in [1.165, 1.54) is 0 Å². The quantitative estimate of drug-likeness (QED) is 0.441. The predicted octanol–water partition coefficient (Wildman–Crippen LogP) is 3.59. The predicted molar refractivity (Wildman–Crippen MR) is 135 cm³/mol. The van der Waals surface area contributed by atoms with Crippen LogP contribution in [0.4, 0.5) is 5.82 Å². The number of nitriles is 1. The van der Waals surface area contributed by atoms with Crippen LogP contribution in [0.25, 0.3) is 28.1 Å². The van der Waals surface area contributed by atoms with Crippen molar-refractivity contribution < 1.29 is 4.79 Å². The van der Waals surface area contributed by atoms with Crippen molar-refractivity contribution in [3.63, 3.8) is 0 Å². The van der Waals surface area contributed by atoms with E-state index in [2.05, 4.69) is 39.8 Å². The smallest absolute Gasteiger partial charge is 0.228 e. The van der Waals surface area contributed by atoms with Crippen molar-refractivity contribution in [3.8, 4) is 23.1 Å². The fourth-order valence-corrected chi connectivity index (χ4v) is 5.01. The van der Waals surface area contributed by atoms with Gasteiger partial charge in [0.2, 0.25) is 5.91 Å². The van der Waals surface area contributed by atoms with Gasteiger partial charge >= 0.3 is 0 Å². The van der Waals surface area contributed by atoms with Gasteiger partial charge < -0.3 is 9.80 Å². The molecule has 5 heterocycles. The largest absolute Gasteiger partial charge is 0.350 e. The van der Waals surface area contributed by atoms with Gasteiger partial charge in [0.15, 0.2) is 5.65 Å². The average molecular weight is 479 g/mol. The van der Waals surface area contributed by atoms with E-state index in [9.17, 15) is 10.1 Å². The molecule has 9 nitrogen and oxygen atoms in total. The monoisotopic (exact) mass is 478 g/mol. The molecule has 1 saturated carbocycles. The van der Waals surface area contributed by atoms with Crippen molar-refractivity contribution in [2.45, 2.75) is 32.7 Å². The van der Waals surface area contributed by atoms with E-state index in [1.54, 1.807) is 30.9 Å². The molecule has 1 aliphatic carbocycles. The summed E-state index contributed by atoms with van der Waals surface area (Å²) in [5, 5.41) is 10.3. The number of aromatic nitrogens is 5. The molecule has 0 radical (unpaired) electrons. The minimum absolute atomic E-state index is 0.0862. The molecule has 0 N–H and O–H groups in total. The number of hydrogen-bond donors (Lipinski definition) is 0. The Balaban J connectivity index is 1.46. The number of hydrogen-bond acceptors (Lipinski definition) is 7. The number of rotatable bonds is 4. The second kappa shape index (κ2) is 8.41. The molecule has 0 bridgehead atoms. The SMILES string of the molecule is C[C@H]1CN(C(=O)C2(C)CC2)CCN1c1ncnc2c1c(-c1ccccn1)cn2-c1cc(C#N)ccn1. The van der Waals surface area contributed by atoms with Gasteiger partial charge in [0.05, 0.1) is 22.7 Å². The van der Waals surface area contributed by atoms with E-state index in [0.29, 0.717) is 36.7 Å². The number of amides is 1. The molecule has 1 aliphatic heterocycles. The molecule has 180 valence electrons. The third kappa shape index (κ3) is 3.66. The Morgan fingerprint density at radius 1 is 1.11 bits per heavy atom. The first-order valence-corrected chi connectivity index (χ1v) is 12.2. The number of pyridine rings is 2. The highest BCUT2D eigenvalue weighted by Gasteiger charge is 2.48. The first-order valence-electron chi connectivity index (χ1n) is 12.2. The maximum Gasteiger partial charge on any atom is 0.228 e. The lowest BCUT2D eigenvalue weighted by Crippen LogP contribution is -2.55. The van der Waals surface area contributed by atoms with Gasteiger partial charge in [-0.15, -0.1) is 0 Å². The van der Waals surface area contributed by atoms with Crippen LogP contribution in [-0.4, -0.2) is 61.0 Å². The minimum atomic E-state index is -0.168. The van der Waals surface area contributed by atoms with E-state index in [0.717, 1.165) is 35.3 Å². The van der Waals surface area contributed by atoms with Crippen molar-refractivity contribution >= 4 is 22.8 Å². The number of fused-ring (bicyclic) bond motifs is 1. The van der Waals surface area contributed by atoms with E-state index in [-0.39, 0.29) is 17.4 Å². The van der Waals surface area contributed by atoms with Gasteiger partial charge in [0.1, 0.15) is 18.0 Å². The Morgan fingerprint density at radius 2 is 1.97 bits per heavy atom. The zero-order valence-corrected chi connectivity index (χ0v) is 20.3. The molecule has 0 aromatic carbocycles. The van der Waals surface area contributed by atoms with Crippen molar-refractivity contribution in [1.29, 1.82) is 5.26 Å². The molecule has 6 rings (SSSR count). The minimum Gasteiger partial charge on any atom is -0.350 e. The zero-order valence-electron chi connectivity index (χ0n) is 20.3. The van der Waals surface area contributed by atoms with Gasteiger partial charge in [-0.05, 0) is 44.0 Å². The fourth-order valence-electron chi connectivity index (χ4n) is 5.01. The van der Waals surface area contributed by atoms with Crippen LogP contribution in [0.15, 0.2) is 55.2 Å². The summed E-state index contributed by atoms with van der Waals surface area (Å²) in [6, 6.07) is 11.5. The summed E-state index contributed by atoms with van der Waals surface area (Å²) >= 11 is 0. The third-order valence-corrected chi connectivity index (χ3v) is 7.33. The Labute approximate surface area is 209 Å². The summed E-state index contributed by atoms with van der Waals surface area (Å²) in [5.74, 6) is 1.69. The normalized spacial score (nSPS) is 18.8. The van der Waals surface area contributed by atoms with Crippen LogP contribution < -0.4 is 4.90 Å². The van der Waals surface area contributed by atoms with Crippen molar-refractivity contribution in [2.24, 2.45) is 5.41 Å². The molecule has 36 heavy (non-hydrogen) atoms. The maximum absolute atomic E-state index is 13.0. The summed E-state index contributed by atoms with van der Waals surface area (Å²) in [6.45, 7) is 6.21. The van der Waals surface area contributed by atoms with Gasteiger partial charge in [-0.2, -0.15) is 5.26 Å². The van der Waals surface area contributed by atoms with Crippen molar-refractivity contribution in [3.05, 3.63) is 60.8 Å². The zero-order chi connectivity index (χ0) is 24.9. The van der Waals surface area contributed by atoms with Crippen LogP contribution in [0.2, 0.25) is 0 Å². The van der Waals surface area contributed by atoms with Crippen LogP contribution in [0.1, 0.15) is 32.3 Å². The molecule has 4 aromatic rings. The van der Waals surface area contributed by atoms with Crippen LogP contribution in [0, 0.1) is 16.7 Å². The van der Waals surface area contributed by atoms with Crippen LogP contribution in [0.3, 0.4) is 0 Å². The summed E-state index contributed by atoms with van der Waals surface area (Å²) in [7, 11) is 0. The van der Waals surface area contributed by atoms with Crippen molar-refractivity contribution in [2.75, 3.05) is 24.5 Å². The highest BCUT2D eigenvalue weighted by atomic mass is 16.2. The number of piperazine rings is 1. The lowest BCUT2D eigenvalue weighted by atomic mass is 10.1. The Hall–Kier alpha value is -4.32. The van der Waals surface area contributed by atoms with Crippen LogP contribution >= 0.6 is 0 Å². The molecule has 1 amide bonds. The Morgan fingerprint density at radius 3 is 2.69 bits per heavy atom. The van der Waals surface area contributed by atoms with Gasteiger partial charge in [-0.3, -0.25) is 14.3 Å². The van der Waals surface area contributed by atoms with Gasteiger partial charge in [0, 0.05) is 55.2 Å². The van der Waals surface area contributed by atoms with E-state index in [4.69, 9.17) is 4.98 Å². The summed E-state index contributed by atoms with van der Waals surface area (Å²) in [5.41, 5.74) is 2.74.